The Morgan fingerprint density at radius 2 is 0.897 bits per heavy atom. The van der Waals surface area contributed by atoms with E-state index in [0.717, 1.165) is 12.0 Å². The minimum absolute atomic E-state index is 0.0519. The van der Waals surface area contributed by atoms with Gasteiger partial charge in [0, 0.05) is 16.5 Å². The van der Waals surface area contributed by atoms with Crippen LogP contribution in [0, 0.1) is 5.41 Å². The molecular formula is C22H33F12NO4. The second-order valence-corrected chi connectivity index (χ2v) is 11.7. The van der Waals surface area contributed by atoms with Crippen LogP contribution in [0.5, 0.6) is 0 Å². The predicted molar refractivity (Wildman–Crippen MR) is 112 cm³/mol. The van der Waals surface area contributed by atoms with Crippen molar-refractivity contribution in [3.63, 3.8) is 0 Å². The number of hydrogen-bond acceptors (Lipinski definition) is 5. The van der Waals surface area contributed by atoms with Gasteiger partial charge in [0.05, 0.1) is 25.9 Å². The molecule has 1 aliphatic rings. The van der Waals surface area contributed by atoms with E-state index in [0.29, 0.717) is 0 Å². The molecule has 0 unspecified atom stereocenters. The molecule has 0 aromatic rings. The quantitative estimate of drug-likeness (QED) is 0.282. The third-order valence-corrected chi connectivity index (χ3v) is 6.85. The summed E-state index contributed by atoms with van der Waals surface area (Å²) in [7, 11) is 0. The maximum Gasteiger partial charge on any atom is 0.426 e. The Hall–Kier alpha value is -1.04. The monoisotopic (exact) mass is 603 g/mol. The molecule has 1 aliphatic heterocycles. The Bertz CT molecular complexity index is 745. The van der Waals surface area contributed by atoms with Crippen LogP contribution in [0.2, 0.25) is 0 Å². The van der Waals surface area contributed by atoms with E-state index >= 15 is 0 Å². The van der Waals surface area contributed by atoms with E-state index in [-0.39, 0.29) is 26.7 Å². The van der Waals surface area contributed by atoms with Gasteiger partial charge in [0.25, 0.3) is 11.2 Å². The molecule has 0 saturated carbocycles. The summed E-state index contributed by atoms with van der Waals surface area (Å²) in [5, 5.41) is 11.4. The van der Waals surface area contributed by atoms with Gasteiger partial charge in [0.15, 0.2) is 0 Å². The molecule has 234 valence electrons. The van der Waals surface area contributed by atoms with Crippen molar-refractivity contribution in [2.24, 2.45) is 5.41 Å². The van der Waals surface area contributed by atoms with Crippen LogP contribution in [0.25, 0.3) is 0 Å². The minimum atomic E-state index is -6.04. The van der Waals surface area contributed by atoms with E-state index < -0.39 is 78.3 Å². The molecule has 39 heavy (non-hydrogen) atoms. The van der Waals surface area contributed by atoms with Gasteiger partial charge in [0.2, 0.25) is 0 Å². The fraction of sp³-hybridized carbons (Fsp3) is 1.00. The van der Waals surface area contributed by atoms with E-state index in [4.69, 9.17) is 4.74 Å². The van der Waals surface area contributed by atoms with Gasteiger partial charge in [-0.3, -0.25) is 0 Å². The average Bonchev–Trinajstić information content (AvgIpc) is 2.69. The number of halogens is 12. The molecule has 0 spiro atoms. The lowest BCUT2D eigenvalue weighted by Crippen LogP contribution is -2.61. The summed E-state index contributed by atoms with van der Waals surface area (Å²) in [6.45, 7) is 2.21. The standard InChI is InChI=1S/C22H33F12NO4/c1-14(2)8-13(9-15(3,4)35(14)36)37-10-16(5,11-38-17(6,19(23,24)25)20(26,27)28)12-39-18(7,21(29,30)31)22(32,33)34/h13,36H,8-12H2,1-7H3. The molecule has 5 nitrogen and oxygen atoms in total. The maximum absolute atomic E-state index is 13.3. The van der Waals surface area contributed by atoms with Crippen molar-refractivity contribution in [1.29, 1.82) is 0 Å². The number of alkyl halides is 12. The van der Waals surface area contributed by atoms with E-state index in [9.17, 15) is 57.9 Å². The second kappa shape index (κ2) is 10.7. The van der Waals surface area contributed by atoms with E-state index in [2.05, 4.69) is 9.47 Å². The van der Waals surface area contributed by atoms with Crippen LogP contribution in [-0.4, -0.2) is 83.2 Å². The minimum Gasteiger partial charge on any atom is -0.377 e. The van der Waals surface area contributed by atoms with Gasteiger partial charge in [-0.1, -0.05) is 6.92 Å². The van der Waals surface area contributed by atoms with Crippen molar-refractivity contribution in [2.45, 2.75) is 114 Å². The number of nitrogens with zero attached hydrogens (tertiary/aromatic N) is 1. The molecule has 0 amide bonds. The van der Waals surface area contributed by atoms with Crippen LogP contribution in [-0.2, 0) is 14.2 Å². The molecule has 1 rings (SSSR count). The molecule has 0 aromatic carbocycles. The second-order valence-electron chi connectivity index (χ2n) is 11.7. The van der Waals surface area contributed by atoms with Gasteiger partial charge in [-0.05, 0) is 54.4 Å². The lowest BCUT2D eigenvalue weighted by atomic mass is 9.80. The number of rotatable bonds is 9. The first-order chi connectivity index (χ1) is 16.9. The highest BCUT2D eigenvalue weighted by molar-refractivity contribution is 4.98. The summed E-state index contributed by atoms with van der Waals surface area (Å²) in [5.74, 6) is 0. The predicted octanol–water partition coefficient (Wildman–Crippen LogP) is 7.22. The molecule has 0 aromatic heterocycles. The molecule has 0 radical (unpaired) electrons. The van der Waals surface area contributed by atoms with Crippen molar-refractivity contribution in [1.82, 2.24) is 5.06 Å². The van der Waals surface area contributed by atoms with Crippen LogP contribution in [0.15, 0.2) is 0 Å². The summed E-state index contributed by atoms with van der Waals surface area (Å²) < 4.78 is 174. The van der Waals surface area contributed by atoms with E-state index in [1.165, 1.54) is 0 Å². The lowest BCUT2D eigenvalue weighted by molar-refractivity contribution is -0.388. The largest absolute Gasteiger partial charge is 0.426 e. The third kappa shape index (κ3) is 7.63. The van der Waals surface area contributed by atoms with E-state index in [1.807, 2.05) is 0 Å². The molecule has 17 heteroatoms. The van der Waals surface area contributed by atoms with E-state index in [1.54, 1.807) is 27.7 Å². The first-order valence-corrected chi connectivity index (χ1v) is 11.5. The van der Waals surface area contributed by atoms with Crippen molar-refractivity contribution >= 4 is 0 Å². The highest BCUT2D eigenvalue weighted by Gasteiger charge is 2.71. The van der Waals surface area contributed by atoms with Crippen molar-refractivity contribution in [3.05, 3.63) is 0 Å². The Kier molecular flexibility index (Phi) is 9.84. The zero-order valence-corrected chi connectivity index (χ0v) is 22.3. The zero-order chi connectivity index (χ0) is 31.3. The Balaban J connectivity index is 3.36. The fourth-order valence-electron chi connectivity index (χ4n) is 4.03. The van der Waals surface area contributed by atoms with Crippen molar-refractivity contribution < 1.29 is 72.1 Å². The van der Waals surface area contributed by atoms with Crippen LogP contribution in [0.1, 0.15) is 61.3 Å². The normalized spacial score (nSPS) is 20.9. The van der Waals surface area contributed by atoms with Gasteiger partial charge in [-0.2, -0.15) is 57.7 Å². The molecule has 1 N–H and O–H groups in total. The molecule has 1 fully saturated rings. The van der Waals surface area contributed by atoms with Crippen LogP contribution in [0.3, 0.4) is 0 Å². The summed E-state index contributed by atoms with van der Waals surface area (Å²) in [6, 6.07) is 0. The SMILES string of the molecule is CC(COC1CC(C)(C)N(O)C(C)(C)C1)(COC(C)(C(F)(F)F)C(F)(F)F)COC(C)(C(F)(F)F)C(F)(F)F. The van der Waals surface area contributed by atoms with Crippen LogP contribution in [0.4, 0.5) is 52.7 Å². The first-order valence-electron chi connectivity index (χ1n) is 11.5. The molecule has 0 atom stereocenters. The summed E-state index contributed by atoms with van der Waals surface area (Å²) in [5.41, 5.74) is -13.9. The molecule has 1 saturated heterocycles. The zero-order valence-electron chi connectivity index (χ0n) is 22.3. The van der Waals surface area contributed by atoms with Gasteiger partial charge in [0.1, 0.15) is 0 Å². The topological polar surface area (TPSA) is 51.2 Å². The number of hydrogen-bond donors (Lipinski definition) is 1. The fourth-order valence-corrected chi connectivity index (χ4v) is 4.03. The lowest BCUT2D eigenvalue weighted by Gasteiger charge is -2.51. The smallest absolute Gasteiger partial charge is 0.377 e. The van der Waals surface area contributed by atoms with Gasteiger partial charge < -0.3 is 19.4 Å². The highest BCUT2D eigenvalue weighted by Crippen LogP contribution is 2.48. The Morgan fingerprint density at radius 3 is 1.15 bits per heavy atom. The van der Waals surface area contributed by atoms with Crippen molar-refractivity contribution in [3.8, 4) is 0 Å². The highest BCUT2D eigenvalue weighted by atomic mass is 19.4. The first kappa shape index (κ1) is 36.0. The number of ether oxygens (including phenoxy) is 3. The maximum atomic E-state index is 13.3. The third-order valence-electron chi connectivity index (χ3n) is 6.85. The molecule has 0 bridgehead atoms. The van der Waals surface area contributed by atoms with Gasteiger partial charge >= 0.3 is 24.7 Å². The molecule has 1 heterocycles. The van der Waals surface area contributed by atoms with Gasteiger partial charge in [-0.25, -0.2) is 0 Å². The Labute approximate surface area is 217 Å². The number of piperidine rings is 1. The van der Waals surface area contributed by atoms with Gasteiger partial charge in [-0.15, -0.1) is 0 Å². The summed E-state index contributed by atoms with van der Waals surface area (Å²) in [4.78, 5) is 0. The average molecular weight is 603 g/mol. The Morgan fingerprint density at radius 1 is 0.615 bits per heavy atom. The number of hydroxylamine groups is 2. The van der Waals surface area contributed by atoms with Crippen LogP contribution >= 0.6 is 0 Å². The van der Waals surface area contributed by atoms with Crippen molar-refractivity contribution in [2.75, 3.05) is 19.8 Å². The molecular weight excluding hydrogens is 570 g/mol. The summed E-state index contributed by atoms with van der Waals surface area (Å²) >= 11 is 0. The van der Waals surface area contributed by atoms with Crippen LogP contribution < -0.4 is 0 Å². The molecule has 0 aliphatic carbocycles. The summed E-state index contributed by atoms with van der Waals surface area (Å²) in [6.07, 6.45) is -24.9.